The van der Waals surface area contributed by atoms with E-state index in [1.165, 1.54) is 11.8 Å². The molecule has 32 heavy (non-hydrogen) atoms. The summed E-state index contributed by atoms with van der Waals surface area (Å²) in [5.74, 6) is 2.12. The van der Waals surface area contributed by atoms with Crippen molar-refractivity contribution < 1.29 is 9.53 Å². The van der Waals surface area contributed by atoms with Crippen LogP contribution >= 0.6 is 11.8 Å². The van der Waals surface area contributed by atoms with Crippen LogP contribution in [0.1, 0.15) is 16.7 Å². The van der Waals surface area contributed by atoms with Crippen molar-refractivity contribution in [2.45, 2.75) is 18.4 Å². The number of ether oxygens (including phenoxy) is 1. The SMILES string of the molecule is Cc1ccccc1NC(=O)CSc1nc(-c2ccccc2)nc2c1Cc1ccccc1O2. The fourth-order valence-corrected chi connectivity index (χ4v) is 4.42. The van der Waals surface area contributed by atoms with Crippen LogP contribution < -0.4 is 10.1 Å². The van der Waals surface area contributed by atoms with E-state index in [1.807, 2.05) is 85.8 Å². The van der Waals surface area contributed by atoms with Crippen molar-refractivity contribution in [3.8, 4) is 23.0 Å². The van der Waals surface area contributed by atoms with Gasteiger partial charge in [-0.3, -0.25) is 4.79 Å². The number of rotatable bonds is 5. The van der Waals surface area contributed by atoms with Crippen LogP contribution in [-0.2, 0) is 11.2 Å². The molecule has 0 unspecified atom stereocenters. The third-order valence-corrected chi connectivity index (χ3v) is 6.29. The van der Waals surface area contributed by atoms with E-state index in [0.29, 0.717) is 18.1 Å². The highest BCUT2D eigenvalue weighted by atomic mass is 32.2. The first kappa shape index (κ1) is 20.3. The minimum absolute atomic E-state index is 0.0740. The zero-order chi connectivity index (χ0) is 21.9. The molecular formula is C26H21N3O2S. The number of hydrogen-bond donors (Lipinski definition) is 1. The van der Waals surface area contributed by atoms with Gasteiger partial charge in [-0.25, -0.2) is 4.98 Å². The molecule has 1 aliphatic rings. The van der Waals surface area contributed by atoms with E-state index in [1.54, 1.807) is 0 Å². The van der Waals surface area contributed by atoms with Gasteiger partial charge in [0, 0.05) is 17.7 Å². The molecule has 5 nitrogen and oxygen atoms in total. The van der Waals surface area contributed by atoms with E-state index in [9.17, 15) is 4.79 Å². The average molecular weight is 440 g/mol. The molecular weight excluding hydrogens is 418 g/mol. The highest BCUT2D eigenvalue weighted by Gasteiger charge is 2.24. The van der Waals surface area contributed by atoms with Gasteiger partial charge in [0.05, 0.1) is 11.3 Å². The van der Waals surface area contributed by atoms with Gasteiger partial charge in [0.25, 0.3) is 0 Å². The number of amides is 1. The van der Waals surface area contributed by atoms with Crippen molar-refractivity contribution in [3.63, 3.8) is 0 Å². The number of nitrogens with zero attached hydrogens (tertiary/aromatic N) is 2. The van der Waals surface area contributed by atoms with Crippen LogP contribution in [-0.4, -0.2) is 21.6 Å². The molecule has 0 atom stereocenters. The Bertz CT molecular complexity index is 1290. The molecule has 0 aliphatic carbocycles. The summed E-state index contributed by atoms with van der Waals surface area (Å²) in [7, 11) is 0. The standard InChI is InChI=1S/C26H21N3O2S/c1-17-9-5-7-13-21(17)27-23(30)16-32-26-20-15-19-12-6-8-14-22(19)31-25(20)28-24(29-26)18-10-3-2-4-11-18/h2-14H,15-16H2,1H3,(H,27,30). The van der Waals surface area contributed by atoms with Gasteiger partial charge < -0.3 is 10.1 Å². The molecule has 6 heteroatoms. The number of aryl methyl sites for hydroxylation is 1. The molecule has 158 valence electrons. The van der Waals surface area contributed by atoms with Crippen molar-refractivity contribution in [2.75, 3.05) is 11.1 Å². The molecule has 0 saturated heterocycles. The van der Waals surface area contributed by atoms with Gasteiger partial charge in [0.15, 0.2) is 5.82 Å². The van der Waals surface area contributed by atoms with Gasteiger partial charge in [0.2, 0.25) is 11.8 Å². The molecule has 4 aromatic rings. The number of anilines is 1. The summed E-state index contributed by atoms with van der Waals surface area (Å²) in [5.41, 5.74) is 4.76. The summed E-state index contributed by atoms with van der Waals surface area (Å²) in [4.78, 5) is 22.2. The van der Waals surface area contributed by atoms with Crippen molar-refractivity contribution in [1.29, 1.82) is 0 Å². The van der Waals surface area contributed by atoms with Crippen LogP contribution in [0.2, 0.25) is 0 Å². The smallest absolute Gasteiger partial charge is 0.234 e. The van der Waals surface area contributed by atoms with E-state index in [4.69, 9.17) is 14.7 Å². The van der Waals surface area contributed by atoms with Gasteiger partial charge >= 0.3 is 0 Å². The average Bonchev–Trinajstić information content (AvgIpc) is 2.83. The molecule has 2 heterocycles. The highest BCUT2D eigenvalue weighted by molar-refractivity contribution is 8.00. The van der Waals surface area contributed by atoms with E-state index in [-0.39, 0.29) is 11.7 Å². The summed E-state index contributed by atoms with van der Waals surface area (Å²) in [5, 5.41) is 3.75. The van der Waals surface area contributed by atoms with E-state index in [0.717, 1.165) is 38.7 Å². The Balaban J connectivity index is 1.44. The predicted molar refractivity (Wildman–Crippen MR) is 127 cm³/mol. The van der Waals surface area contributed by atoms with Crippen molar-refractivity contribution in [3.05, 3.63) is 95.6 Å². The van der Waals surface area contributed by atoms with Crippen LogP contribution in [0.25, 0.3) is 11.4 Å². The maximum atomic E-state index is 12.7. The number of aromatic nitrogens is 2. The topological polar surface area (TPSA) is 64.1 Å². The number of para-hydroxylation sites is 2. The fourth-order valence-electron chi connectivity index (χ4n) is 3.59. The predicted octanol–water partition coefficient (Wildman–Crippen LogP) is 5.88. The number of fused-ring (bicyclic) bond motifs is 2. The van der Waals surface area contributed by atoms with Crippen LogP contribution in [0, 0.1) is 6.92 Å². The lowest BCUT2D eigenvalue weighted by molar-refractivity contribution is -0.113. The zero-order valence-electron chi connectivity index (χ0n) is 17.5. The Labute approximate surface area is 190 Å². The molecule has 0 bridgehead atoms. The molecule has 1 amide bonds. The summed E-state index contributed by atoms with van der Waals surface area (Å²) in [6, 6.07) is 25.5. The van der Waals surface area contributed by atoms with Crippen molar-refractivity contribution in [2.24, 2.45) is 0 Å². The van der Waals surface area contributed by atoms with E-state index >= 15 is 0 Å². The molecule has 1 aliphatic heterocycles. The first-order valence-electron chi connectivity index (χ1n) is 10.4. The van der Waals surface area contributed by atoms with Crippen LogP contribution in [0.5, 0.6) is 11.6 Å². The Morgan fingerprint density at radius 3 is 2.56 bits per heavy atom. The number of carbonyl (C=O) groups is 1. The van der Waals surface area contributed by atoms with Gasteiger partial charge in [0.1, 0.15) is 10.8 Å². The molecule has 0 fully saturated rings. The Morgan fingerprint density at radius 2 is 1.72 bits per heavy atom. The Morgan fingerprint density at radius 1 is 0.969 bits per heavy atom. The van der Waals surface area contributed by atoms with Gasteiger partial charge in [-0.15, -0.1) is 0 Å². The number of nitrogens with one attached hydrogen (secondary N) is 1. The minimum Gasteiger partial charge on any atom is -0.438 e. The second-order valence-corrected chi connectivity index (χ2v) is 8.50. The number of carbonyl (C=O) groups excluding carboxylic acids is 1. The largest absolute Gasteiger partial charge is 0.438 e. The number of hydrogen-bond acceptors (Lipinski definition) is 5. The Hall–Kier alpha value is -3.64. The quantitative estimate of drug-likeness (QED) is 0.274. The molecule has 5 rings (SSSR count). The molecule has 0 saturated carbocycles. The lowest BCUT2D eigenvalue weighted by atomic mass is 10.0. The fraction of sp³-hybridized carbons (Fsp3) is 0.115. The third kappa shape index (κ3) is 4.22. The summed E-state index contributed by atoms with van der Waals surface area (Å²) >= 11 is 1.41. The van der Waals surface area contributed by atoms with Crippen molar-refractivity contribution >= 4 is 23.4 Å². The molecule has 1 aromatic heterocycles. The summed E-state index contributed by atoms with van der Waals surface area (Å²) in [6.07, 6.45) is 0.669. The lowest BCUT2D eigenvalue weighted by Crippen LogP contribution is -2.16. The van der Waals surface area contributed by atoms with Crippen LogP contribution in [0.4, 0.5) is 5.69 Å². The summed E-state index contributed by atoms with van der Waals surface area (Å²) in [6.45, 7) is 1.98. The van der Waals surface area contributed by atoms with Gasteiger partial charge in [-0.1, -0.05) is 78.5 Å². The second kappa shape index (κ2) is 8.85. The van der Waals surface area contributed by atoms with Gasteiger partial charge in [-0.05, 0) is 30.2 Å². The maximum Gasteiger partial charge on any atom is 0.234 e. The molecule has 0 spiro atoms. The molecule has 1 N–H and O–H groups in total. The zero-order valence-corrected chi connectivity index (χ0v) is 18.4. The van der Waals surface area contributed by atoms with E-state index < -0.39 is 0 Å². The van der Waals surface area contributed by atoms with E-state index in [2.05, 4.69) is 5.32 Å². The first-order chi connectivity index (χ1) is 15.7. The van der Waals surface area contributed by atoms with Gasteiger partial charge in [-0.2, -0.15) is 4.98 Å². The third-order valence-electron chi connectivity index (χ3n) is 5.27. The molecule has 3 aromatic carbocycles. The highest BCUT2D eigenvalue weighted by Crippen LogP contribution is 2.40. The molecule has 0 radical (unpaired) electrons. The van der Waals surface area contributed by atoms with Crippen molar-refractivity contribution in [1.82, 2.24) is 9.97 Å². The second-order valence-electron chi connectivity index (χ2n) is 7.54. The van der Waals surface area contributed by atoms with Crippen LogP contribution in [0.15, 0.2) is 83.9 Å². The summed E-state index contributed by atoms with van der Waals surface area (Å²) < 4.78 is 6.13. The monoisotopic (exact) mass is 439 g/mol. The maximum absolute atomic E-state index is 12.7. The van der Waals surface area contributed by atoms with Crippen LogP contribution in [0.3, 0.4) is 0 Å². The minimum atomic E-state index is -0.0740. The number of benzene rings is 3. The number of thioether (sulfide) groups is 1. The lowest BCUT2D eigenvalue weighted by Gasteiger charge is -2.21. The Kier molecular flexibility index (Phi) is 5.60. The normalized spacial score (nSPS) is 11.8. The first-order valence-corrected chi connectivity index (χ1v) is 11.4.